The summed E-state index contributed by atoms with van der Waals surface area (Å²) < 4.78 is 13.6. The van der Waals surface area contributed by atoms with Crippen molar-refractivity contribution in [2.24, 2.45) is 5.73 Å². The minimum Gasteiger partial charge on any atom is -0.325 e. The molecule has 88 valence electrons. The first-order chi connectivity index (χ1) is 7.59. The molecule has 0 bridgehead atoms. The summed E-state index contributed by atoms with van der Waals surface area (Å²) in [5.41, 5.74) is 6.72. The van der Waals surface area contributed by atoms with Gasteiger partial charge in [0.2, 0.25) is 0 Å². The van der Waals surface area contributed by atoms with E-state index in [1.54, 1.807) is 12.1 Å². The average Bonchev–Trinajstić information content (AvgIpc) is 2.24. The lowest BCUT2D eigenvalue weighted by molar-refractivity contribution is 0.291. The predicted octanol–water partition coefficient (Wildman–Crippen LogP) is 3.68. The summed E-state index contributed by atoms with van der Waals surface area (Å²) in [6, 6.07) is 4.69. The van der Waals surface area contributed by atoms with Gasteiger partial charge in [-0.3, -0.25) is 0 Å². The fourth-order valence-corrected chi connectivity index (χ4v) is 2.69. The van der Waals surface area contributed by atoms with Crippen molar-refractivity contribution in [2.45, 2.75) is 44.1 Å². The highest BCUT2D eigenvalue weighted by Crippen LogP contribution is 2.30. The SMILES string of the molecule is NC1(Cc2cc(Cl)ccc2F)CCCCC1. The van der Waals surface area contributed by atoms with Gasteiger partial charge in [-0.1, -0.05) is 30.9 Å². The van der Waals surface area contributed by atoms with E-state index in [2.05, 4.69) is 0 Å². The van der Waals surface area contributed by atoms with Gasteiger partial charge < -0.3 is 5.73 Å². The predicted molar refractivity (Wildman–Crippen MR) is 65.1 cm³/mol. The molecule has 0 aromatic heterocycles. The summed E-state index contributed by atoms with van der Waals surface area (Å²) in [6.45, 7) is 0. The molecule has 1 nitrogen and oxygen atoms in total. The Labute approximate surface area is 101 Å². The second kappa shape index (κ2) is 4.72. The average molecular weight is 242 g/mol. The van der Waals surface area contributed by atoms with Crippen LogP contribution in [0.4, 0.5) is 4.39 Å². The molecule has 0 spiro atoms. The van der Waals surface area contributed by atoms with Gasteiger partial charge in [0.15, 0.2) is 0 Å². The molecule has 16 heavy (non-hydrogen) atoms. The van der Waals surface area contributed by atoms with Crippen molar-refractivity contribution < 1.29 is 4.39 Å². The maximum Gasteiger partial charge on any atom is 0.126 e. The molecule has 2 N–H and O–H groups in total. The molecule has 3 heteroatoms. The van der Waals surface area contributed by atoms with E-state index in [0.29, 0.717) is 17.0 Å². The third kappa shape index (κ3) is 2.74. The topological polar surface area (TPSA) is 26.0 Å². The monoisotopic (exact) mass is 241 g/mol. The summed E-state index contributed by atoms with van der Waals surface area (Å²) in [6.07, 6.45) is 6.12. The van der Waals surface area contributed by atoms with Crippen LogP contribution in [-0.2, 0) is 6.42 Å². The summed E-state index contributed by atoms with van der Waals surface area (Å²) in [5, 5.41) is 0.579. The Kier molecular flexibility index (Phi) is 3.50. The number of nitrogens with two attached hydrogens (primary N) is 1. The minimum atomic E-state index is -0.232. The number of benzene rings is 1. The summed E-state index contributed by atoms with van der Waals surface area (Å²) in [4.78, 5) is 0. The van der Waals surface area contributed by atoms with Gasteiger partial charge in [0.05, 0.1) is 0 Å². The molecule has 0 amide bonds. The molecule has 0 heterocycles. The first kappa shape index (κ1) is 11.9. The molecule has 1 fully saturated rings. The molecule has 2 rings (SSSR count). The highest BCUT2D eigenvalue weighted by molar-refractivity contribution is 6.30. The Morgan fingerprint density at radius 1 is 1.25 bits per heavy atom. The zero-order valence-electron chi connectivity index (χ0n) is 9.31. The van der Waals surface area contributed by atoms with Crippen molar-refractivity contribution in [2.75, 3.05) is 0 Å². The van der Waals surface area contributed by atoms with Crippen LogP contribution in [-0.4, -0.2) is 5.54 Å². The summed E-state index contributed by atoms with van der Waals surface area (Å²) in [5.74, 6) is -0.195. The van der Waals surface area contributed by atoms with E-state index < -0.39 is 0 Å². The second-order valence-electron chi connectivity index (χ2n) is 4.84. The lowest BCUT2D eigenvalue weighted by Crippen LogP contribution is -2.43. The lowest BCUT2D eigenvalue weighted by atomic mass is 9.78. The van der Waals surface area contributed by atoms with Crippen LogP contribution in [0.5, 0.6) is 0 Å². The van der Waals surface area contributed by atoms with Crippen molar-refractivity contribution in [3.63, 3.8) is 0 Å². The molecule has 1 aromatic carbocycles. The Morgan fingerprint density at radius 2 is 1.94 bits per heavy atom. The van der Waals surface area contributed by atoms with Crippen LogP contribution in [0, 0.1) is 5.82 Å². The number of hydrogen-bond donors (Lipinski definition) is 1. The van der Waals surface area contributed by atoms with Crippen molar-refractivity contribution in [1.29, 1.82) is 0 Å². The molecular formula is C13H17ClFN. The van der Waals surface area contributed by atoms with E-state index in [1.807, 2.05) is 0 Å². The molecule has 1 aromatic rings. The summed E-state index contributed by atoms with van der Waals surface area (Å²) >= 11 is 5.87. The first-order valence-corrected chi connectivity index (χ1v) is 6.20. The number of halogens is 2. The maximum absolute atomic E-state index is 13.6. The van der Waals surface area contributed by atoms with Gasteiger partial charge in [-0.25, -0.2) is 4.39 Å². The van der Waals surface area contributed by atoms with Crippen LogP contribution in [0.3, 0.4) is 0 Å². The van der Waals surface area contributed by atoms with Crippen LogP contribution in [0.15, 0.2) is 18.2 Å². The van der Waals surface area contributed by atoms with E-state index in [0.717, 1.165) is 25.7 Å². The van der Waals surface area contributed by atoms with Gasteiger partial charge >= 0.3 is 0 Å². The molecule has 1 aliphatic rings. The van der Waals surface area contributed by atoms with Crippen LogP contribution >= 0.6 is 11.6 Å². The quantitative estimate of drug-likeness (QED) is 0.840. The Morgan fingerprint density at radius 3 is 2.62 bits per heavy atom. The van der Waals surface area contributed by atoms with Gasteiger partial charge in [0.1, 0.15) is 5.82 Å². The van der Waals surface area contributed by atoms with Gasteiger partial charge in [0, 0.05) is 10.6 Å². The number of hydrogen-bond acceptors (Lipinski definition) is 1. The van der Waals surface area contributed by atoms with Crippen molar-refractivity contribution in [3.05, 3.63) is 34.6 Å². The van der Waals surface area contributed by atoms with Crippen molar-refractivity contribution >= 4 is 11.6 Å². The fourth-order valence-electron chi connectivity index (χ4n) is 2.49. The van der Waals surface area contributed by atoms with E-state index in [1.165, 1.54) is 12.5 Å². The van der Waals surface area contributed by atoms with Crippen molar-refractivity contribution in [1.82, 2.24) is 0 Å². The van der Waals surface area contributed by atoms with Crippen LogP contribution in [0.2, 0.25) is 5.02 Å². The van der Waals surface area contributed by atoms with Crippen LogP contribution in [0.1, 0.15) is 37.7 Å². The van der Waals surface area contributed by atoms with E-state index in [4.69, 9.17) is 17.3 Å². The zero-order valence-corrected chi connectivity index (χ0v) is 10.1. The van der Waals surface area contributed by atoms with Crippen LogP contribution < -0.4 is 5.73 Å². The van der Waals surface area contributed by atoms with Crippen molar-refractivity contribution in [3.8, 4) is 0 Å². The molecule has 0 atom stereocenters. The molecule has 0 unspecified atom stereocenters. The Hall–Kier alpha value is -0.600. The minimum absolute atomic E-state index is 0.195. The van der Waals surface area contributed by atoms with Gasteiger partial charge in [-0.05, 0) is 43.0 Å². The fraction of sp³-hybridized carbons (Fsp3) is 0.538. The Bertz CT molecular complexity index is 372. The molecule has 1 saturated carbocycles. The zero-order chi connectivity index (χ0) is 11.6. The smallest absolute Gasteiger partial charge is 0.126 e. The lowest BCUT2D eigenvalue weighted by Gasteiger charge is -2.33. The van der Waals surface area contributed by atoms with Gasteiger partial charge in [-0.2, -0.15) is 0 Å². The molecular weight excluding hydrogens is 225 g/mol. The van der Waals surface area contributed by atoms with E-state index in [-0.39, 0.29) is 11.4 Å². The molecule has 0 radical (unpaired) electrons. The normalized spacial score (nSPS) is 19.7. The highest BCUT2D eigenvalue weighted by Gasteiger charge is 2.28. The highest BCUT2D eigenvalue weighted by atomic mass is 35.5. The third-order valence-corrected chi connectivity index (χ3v) is 3.63. The second-order valence-corrected chi connectivity index (χ2v) is 5.27. The summed E-state index contributed by atoms with van der Waals surface area (Å²) in [7, 11) is 0. The standard InChI is InChI=1S/C13H17ClFN/c14-11-4-5-12(15)10(8-11)9-13(16)6-2-1-3-7-13/h4-5,8H,1-3,6-7,9,16H2. The van der Waals surface area contributed by atoms with E-state index >= 15 is 0 Å². The van der Waals surface area contributed by atoms with E-state index in [9.17, 15) is 4.39 Å². The third-order valence-electron chi connectivity index (χ3n) is 3.40. The van der Waals surface area contributed by atoms with Crippen LogP contribution in [0.25, 0.3) is 0 Å². The first-order valence-electron chi connectivity index (χ1n) is 5.82. The van der Waals surface area contributed by atoms with Gasteiger partial charge in [0.25, 0.3) is 0 Å². The molecule has 1 aliphatic carbocycles. The maximum atomic E-state index is 13.6. The largest absolute Gasteiger partial charge is 0.325 e. The Balaban J connectivity index is 2.15. The molecule has 0 aliphatic heterocycles. The number of rotatable bonds is 2. The van der Waals surface area contributed by atoms with Gasteiger partial charge in [-0.15, -0.1) is 0 Å². The molecule has 0 saturated heterocycles.